The van der Waals surface area contributed by atoms with Crippen molar-refractivity contribution in [3.05, 3.63) is 24.0 Å². The molecule has 1 aromatic rings. The van der Waals surface area contributed by atoms with Gasteiger partial charge in [0.15, 0.2) is 0 Å². The van der Waals surface area contributed by atoms with Crippen LogP contribution in [-0.4, -0.2) is 40.2 Å². The quantitative estimate of drug-likeness (QED) is 0.700. The van der Waals surface area contributed by atoms with Crippen molar-refractivity contribution < 1.29 is 23.8 Å². The number of carboxylic acids is 1. The number of aliphatic hydroxyl groups excluding tert-OH is 1. The van der Waals surface area contributed by atoms with E-state index in [-0.39, 0.29) is 11.3 Å². The molecule has 0 saturated heterocycles. The number of carboxylic acid groups (broad SMARTS) is 1. The van der Waals surface area contributed by atoms with Gasteiger partial charge in [0.1, 0.15) is 12.2 Å². The molecule has 0 fully saturated rings. The molecule has 0 aliphatic heterocycles. The van der Waals surface area contributed by atoms with Crippen molar-refractivity contribution in [3.63, 3.8) is 0 Å². The highest BCUT2D eigenvalue weighted by atomic mass is 19.3. The van der Waals surface area contributed by atoms with Gasteiger partial charge < -0.3 is 15.5 Å². The molecule has 16 heavy (non-hydrogen) atoms. The van der Waals surface area contributed by atoms with Crippen LogP contribution in [0.5, 0.6) is 0 Å². The van der Waals surface area contributed by atoms with Gasteiger partial charge in [-0.3, -0.25) is 4.98 Å². The lowest BCUT2D eigenvalue weighted by atomic mass is 10.2. The number of alkyl halides is 2. The number of aliphatic hydroxyl groups is 1. The SMILES string of the molecule is O=C(O)c1cnccc1NCC(F)(F)CO. The summed E-state index contributed by atoms with van der Waals surface area (Å²) in [7, 11) is 0. The smallest absolute Gasteiger partial charge is 0.339 e. The molecule has 0 aliphatic rings. The predicted molar refractivity (Wildman–Crippen MR) is 51.7 cm³/mol. The fourth-order valence-electron chi connectivity index (χ4n) is 0.999. The molecule has 88 valence electrons. The lowest BCUT2D eigenvalue weighted by Gasteiger charge is -2.15. The third-order valence-electron chi connectivity index (χ3n) is 1.82. The van der Waals surface area contributed by atoms with E-state index in [4.69, 9.17) is 10.2 Å². The summed E-state index contributed by atoms with van der Waals surface area (Å²) in [4.78, 5) is 14.3. The van der Waals surface area contributed by atoms with Gasteiger partial charge in [-0.1, -0.05) is 0 Å². The first kappa shape index (κ1) is 12.3. The molecule has 0 atom stereocenters. The average molecular weight is 232 g/mol. The highest BCUT2D eigenvalue weighted by Gasteiger charge is 2.27. The maximum absolute atomic E-state index is 12.7. The van der Waals surface area contributed by atoms with Gasteiger partial charge >= 0.3 is 5.97 Å². The van der Waals surface area contributed by atoms with Crippen LogP contribution in [0.25, 0.3) is 0 Å². The van der Waals surface area contributed by atoms with Gasteiger partial charge in [0, 0.05) is 12.4 Å². The zero-order valence-electron chi connectivity index (χ0n) is 8.15. The van der Waals surface area contributed by atoms with E-state index in [9.17, 15) is 13.6 Å². The van der Waals surface area contributed by atoms with E-state index in [1.165, 1.54) is 12.3 Å². The number of hydrogen-bond acceptors (Lipinski definition) is 4. The summed E-state index contributed by atoms with van der Waals surface area (Å²) in [5.74, 6) is -4.55. The fraction of sp³-hybridized carbons (Fsp3) is 0.333. The van der Waals surface area contributed by atoms with Crippen molar-refractivity contribution in [2.45, 2.75) is 5.92 Å². The molecule has 1 aromatic heterocycles. The molecule has 0 spiro atoms. The van der Waals surface area contributed by atoms with Crippen molar-refractivity contribution in [2.75, 3.05) is 18.5 Å². The summed E-state index contributed by atoms with van der Waals surface area (Å²) >= 11 is 0. The third kappa shape index (κ3) is 3.13. The predicted octanol–water partition coefficient (Wildman–Crippen LogP) is 0.819. The van der Waals surface area contributed by atoms with Gasteiger partial charge in [-0.05, 0) is 6.07 Å². The zero-order valence-corrected chi connectivity index (χ0v) is 8.15. The summed E-state index contributed by atoms with van der Waals surface area (Å²) in [5, 5.41) is 19.3. The Hall–Kier alpha value is -1.76. The van der Waals surface area contributed by atoms with Crippen molar-refractivity contribution in [1.29, 1.82) is 0 Å². The van der Waals surface area contributed by atoms with Crippen LogP contribution in [0.15, 0.2) is 18.5 Å². The summed E-state index contributed by atoms with van der Waals surface area (Å²) in [6.45, 7) is -2.14. The van der Waals surface area contributed by atoms with Crippen LogP contribution in [-0.2, 0) is 0 Å². The van der Waals surface area contributed by atoms with E-state index in [1.54, 1.807) is 0 Å². The van der Waals surface area contributed by atoms with Crippen LogP contribution in [0.3, 0.4) is 0 Å². The first-order valence-corrected chi connectivity index (χ1v) is 4.36. The third-order valence-corrected chi connectivity index (χ3v) is 1.82. The number of pyridine rings is 1. The Balaban J connectivity index is 2.78. The van der Waals surface area contributed by atoms with Gasteiger partial charge in [0.25, 0.3) is 5.92 Å². The molecule has 0 unspecified atom stereocenters. The normalized spacial score (nSPS) is 11.2. The van der Waals surface area contributed by atoms with Gasteiger partial charge in [0.2, 0.25) is 0 Å². The summed E-state index contributed by atoms with van der Waals surface area (Å²) in [6, 6.07) is 1.27. The van der Waals surface area contributed by atoms with Gasteiger partial charge in [-0.2, -0.15) is 0 Å². The summed E-state index contributed by atoms with van der Waals surface area (Å²) < 4.78 is 25.4. The highest BCUT2D eigenvalue weighted by Crippen LogP contribution is 2.17. The molecule has 1 rings (SSSR count). The summed E-state index contributed by atoms with van der Waals surface area (Å²) in [6.07, 6.45) is 2.34. The zero-order chi connectivity index (χ0) is 12.2. The second-order valence-electron chi connectivity index (χ2n) is 3.09. The Bertz CT molecular complexity index is 385. The first-order chi connectivity index (χ1) is 7.46. The van der Waals surface area contributed by atoms with Crippen molar-refractivity contribution in [3.8, 4) is 0 Å². The maximum Gasteiger partial charge on any atom is 0.339 e. The number of hydrogen-bond donors (Lipinski definition) is 3. The number of halogens is 2. The number of anilines is 1. The molecule has 0 aliphatic carbocycles. The molecule has 0 bridgehead atoms. The standard InChI is InChI=1S/C9H10F2N2O3/c10-9(11,5-14)4-13-7-1-2-12-3-6(7)8(15)16/h1-3,14H,4-5H2,(H,12,13)(H,15,16). The number of carbonyl (C=O) groups is 1. The Morgan fingerprint density at radius 1 is 1.56 bits per heavy atom. The Morgan fingerprint density at radius 2 is 2.25 bits per heavy atom. The Labute approximate surface area is 89.7 Å². The number of rotatable bonds is 5. The van der Waals surface area contributed by atoms with Crippen LogP contribution < -0.4 is 5.32 Å². The molecule has 7 heteroatoms. The molecule has 0 saturated carbocycles. The largest absolute Gasteiger partial charge is 0.478 e. The van der Waals surface area contributed by atoms with E-state index >= 15 is 0 Å². The number of nitrogens with zero attached hydrogens (tertiary/aromatic N) is 1. The number of aromatic carboxylic acids is 1. The molecule has 3 N–H and O–H groups in total. The molecule has 1 heterocycles. The fourth-order valence-corrected chi connectivity index (χ4v) is 0.999. The molecule has 0 aromatic carbocycles. The Morgan fingerprint density at radius 3 is 2.81 bits per heavy atom. The van der Waals surface area contributed by atoms with Gasteiger partial charge in [-0.15, -0.1) is 0 Å². The van der Waals surface area contributed by atoms with E-state index in [2.05, 4.69) is 10.3 Å². The summed E-state index contributed by atoms with van der Waals surface area (Å²) in [5.41, 5.74) is -0.160. The van der Waals surface area contributed by atoms with Crippen molar-refractivity contribution in [1.82, 2.24) is 4.98 Å². The lowest BCUT2D eigenvalue weighted by molar-refractivity contribution is -0.0373. The first-order valence-electron chi connectivity index (χ1n) is 4.36. The topological polar surface area (TPSA) is 82.5 Å². The minimum atomic E-state index is -3.29. The molecule has 0 radical (unpaired) electrons. The second kappa shape index (κ2) is 4.84. The molecular weight excluding hydrogens is 222 g/mol. The van der Waals surface area contributed by atoms with Crippen LogP contribution in [0.2, 0.25) is 0 Å². The Kier molecular flexibility index (Phi) is 3.73. The van der Waals surface area contributed by atoms with Crippen molar-refractivity contribution >= 4 is 11.7 Å². The van der Waals surface area contributed by atoms with Crippen LogP contribution in [0, 0.1) is 0 Å². The minimum absolute atomic E-state index is 0.0376. The van der Waals surface area contributed by atoms with Gasteiger partial charge in [0.05, 0.1) is 12.2 Å². The minimum Gasteiger partial charge on any atom is -0.478 e. The maximum atomic E-state index is 12.7. The van der Waals surface area contributed by atoms with E-state index in [1.807, 2.05) is 0 Å². The highest BCUT2D eigenvalue weighted by molar-refractivity contribution is 5.93. The molecular formula is C9H10F2N2O3. The van der Waals surface area contributed by atoms with E-state index in [0.29, 0.717) is 0 Å². The van der Waals surface area contributed by atoms with E-state index in [0.717, 1.165) is 6.20 Å². The van der Waals surface area contributed by atoms with E-state index < -0.39 is 25.0 Å². The monoisotopic (exact) mass is 232 g/mol. The van der Waals surface area contributed by atoms with Crippen molar-refractivity contribution in [2.24, 2.45) is 0 Å². The second-order valence-corrected chi connectivity index (χ2v) is 3.09. The number of nitrogens with one attached hydrogen (secondary N) is 1. The molecule has 5 nitrogen and oxygen atoms in total. The average Bonchev–Trinajstić information content (AvgIpc) is 2.27. The molecule has 0 amide bonds. The van der Waals surface area contributed by atoms with Crippen LogP contribution in [0.1, 0.15) is 10.4 Å². The van der Waals surface area contributed by atoms with Gasteiger partial charge in [-0.25, -0.2) is 13.6 Å². The lowest BCUT2D eigenvalue weighted by Crippen LogP contribution is -2.31. The number of aromatic nitrogens is 1. The van der Waals surface area contributed by atoms with Crippen LogP contribution in [0.4, 0.5) is 14.5 Å². The van der Waals surface area contributed by atoms with Crippen LogP contribution >= 0.6 is 0 Å².